The molecule has 0 saturated heterocycles. The van der Waals surface area contributed by atoms with Gasteiger partial charge in [0.15, 0.2) is 0 Å². The van der Waals surface area contributed by atoms with Crippen LogP contribution in [0.5, 0.6) is 5.75 Å². The summed E-state index contributed by atoms with van der Waals surface area (Å²) < 4.78 is 5.26. The number of rotatable bonds is 2. The molecule has 1 aliphatic rings. The number of fused-ring (bicyclic) bond motifs is 2. The molecule has 90 valence electrons. The van der Waals surface area contributed by atoms with Gasteiger partial charge >= 0.3 is 0 Å². The third-order valence-corrected chi connectivity index (χ3v) is 3.59. The van der Waals surface area contributed by atoms with Crippen molar-refractivity contribution in [1.29, 1.82) is 5.26 Å². The van der Waals surface area contributed by atoms with Crippen molar-refractivity contribution in [2.24, 2.45) is 0 Å². The summed E-state index contributed by atoms with van der Waals surface area (Å²) in [6, 6.07) is 8.17. The van der Waals surface area contributed by atoms with Crippen LogP contribution in [0.2, 0.25) is 0 Å². The monoisotopic (exact) mass is 238 g/mol. The molecule has 0 amide bonds. The Morgan fingerprint density at radius 2 is 2.28 bits per heavy atom. The van der Waals surface area contributed by atoms with Gasteiger partial charge in [-0.05, 0) is 48.6 Å². The molecule has 0 atom stereocenters. The average Bonchev–Trinajstić information content (AvgIpc) is 2.86. The Morgan fingerprint density at radius 1 is 1.39 bits per heavy atom. The predicted octanol–water partition coefficient (Wildman–Crippen LogP) is 2.80. The van der Waals surface area contributed by atoms with E-state index in [9.17, 15) is 0 Å². The van der Waals surface area contributed by atoms with Crippen LogP contribution in [0.4, 0.5) is 0 Å². The fraction of sp³-hybridized carbons (Fsp3) is 0.333. The molecule has 0 spiro atoms. The summed E-state index contributed by atoms with van der Waals surface area (Å²) >= 11 is 0. The third kappa shape index (κ3) is 1.62. The van der Waals surface area contributed by atoms with Gasteiger partial charge in [0.1, 0.15) is 5.75 Å². The molecular formula is C15H14N2O. The summed E-state index contributed by atoms with van der Waals surface area (Å²) in [6.07, 6.45) is 3.69. The van der Waals surface area contributed by atoms with Gasteiger partial charge in [-0.1, -0.05) is 0 Å². The van der Waals surface area contributed by atoms with E-state index in [-0.39, 0.29) is 0 Å². The van der Waals surface area contributed by atoms with Crippen molar-refractivity contribution in [2.75, 3.05) is 7.11 Å². The second kappa shape index (κ2) is 4.30. The molecule has 1 heterocycles. The first-order valence-corrected chi connectivity index (χ1v) is 6.19. The minimum absolute atomic E-state index is 0.453. The number of hydrogen-bond donors (Lipinski definition) is 0. The molecule has 18 heavy (non-hydrogen) atoms. The van der Waals surface area contributed by atoms with Crippen molar-refractivity contribution < 1.29 is 4.74 Å². The quantitative estimate of drug-likeness (QED) is 0.808. The average molecular weight is 238 g/mol. The first-order valence-electron chi connectivity index (χ1n) is 6.19. The Labute approximate surface area is 106 Å². The summed E-state index contributed by atoms with van der Waals surface area (Å²) in [6.45, 7) is 0. The van der Waals surface area contributed by atoms with Crippen LogP contribution in [0.15, 0.2) is 18.2 Å². The number of benzene rings is 1. The molecule has 3 nitrogen and oxygen atoms in total. The zero-order chi connectivity index (χ0) is 12.5. The molecule has 0 bridgehead atoms. The van der Waals surface area contributed by atoms with Crippen LogP contribution in [-0.2, 0) is 19.3 Å². The molecule has 1 aromatic carbocycles. The van der Waals surface area contributed by atoms with E-state index in [1.807, 2.05) is 18.2 Å². The molecular weight excluding hydrogens is 224 g/mol. The van der Waals surface area contributed by atoms with E-state index < -0.39 is 0 Å². The van der Waals surface area contributed by atoms with Crippen LogP contribution in [0.25, 0.3) is 10.9 Å². The fourth-order valence-electron chi connectivity index (χ4n) is 2.75. The van der Waals surface area contributed by atoms with Crippen LogP contribution in [0.1, 0.15) is 23.2 Å². The Bertz CT molecular complexity index is 656. The number of nitrogens with zero attached hydrogens (tertiary/aromatic N) is 2. The van der Waals surface area contributed by atoms with Gasteiger partial charge in [-0.2, -0.15) is 5.26 Å². The predicted molar refractivity (Wildman–Crippen MR) is 69.6 cm³/mol. The van der Waals surface area contributed by atoms with Gasteiger partial charge in [-0.25, -0.2) is 0 Å². The second-order valence-electron chi connectivity index (χ2n) is 4.59. The molecule has 0 radical (unpaired) electrons. The van der Waals surface area contributed by atoms with E-state index in [2.05, 4.69) is 6.07 Å². The number of hydrogen-bond acceptors (Lipinski definition) is 3. The minimum atomic E-state index is 0.453. The maximum atomic E-state index is 9.04. The van der Waals surface area contributed by atoms with Gasteiger partial charge in [0.2, 0.25) is 0 Å². The van der Waals surface area contributed by atoms with Crippen molar-refractivity contribution in [3.05, 3.63) is 35.0 Å². The zero-order valence-electron chi connectivity index (χ0n) is 10.4. The van der Waals surface area contributed by atoms with Crippen LogP contribution in [0, 0.1) is 11.3 Å². The highest BCUT2D eigenvalue weighted by Crippen LogP contribution is 2.32. The SMILES string of the molecule is COc1ccc2nc3c(c(CC#N)c2c1)CCC3. The summed E-state index contributed by atoms with van der Waals surface area (Å²) in [7, 11) is 1.66. The second-order valence-corrected chi connectivity index (χ2v) is 4.59. The van der Waals surface area contributed by atoms with Crippen molar-refractivity contribution >= 4 is 10.9 Å². The standard InChI is InChI=1S/C15H14N2O/c1-18-10-5-6-15-13(9-10)11(7-8-16)12-3-2-4-14(12)17-15/h5-6,9H,2-4,7H2,1H3. The normalized spacial score (nSPS) is 13.3. The van der Waals surface area contributed by atoms with Gasteiger partial charge in [0, 0.05) is 11.1 Å². The highest BCUT2D eigenvalue weighted by atomic mass is 16.5. The van der Waals surface area contributed by atoms with Crippen LogP contribution in [-0.4, -0.2) is 12.1 Å². The first kappa shape index (κ1) is 11.0. The van der Waals surface area contributed by atoms with Crippen molar-refractivity contribution in [1.82, 2.24) is 4.98 Å². The molecule has 2 aromatic rings. The lowest BCUT2D eigenvalue weighted by Crippen LogP contribution is -1.98. The minimum Gasteiger partial charge on any atom is -0.497 e. The number of nitriles is 1. The molecule has 0 fully saturated rings. The lowest BCUT2D eigenvalue weighted by atomic mass is 9.99. The van der Waals surface area contributed by atoms with Gasteiger partial charge in [-0.3, -0.25) is 4.98 Å². The first-order chi connectivity index (χ1) is 8.83. The van der Waals surface area contributed by atoms with E-state index in [0.29, 0.717) is 6.42 Å². The molecule has 1 aliphatic carbocycles. The maximum absolute atomic E-state index is 9.04. The van der Waals surface area contributed by atoms with E-state index in [1.54, 1.807) is 7.11 Å². The smallest absolute Gasteiger partial charge is 0.119 e. The summed E-state index contributed by atoms with van der Waals surface area (Å²) in [5.74, 6) is 0.821. The van der Waals surface area contributed by atoms with Gasteiger partial charge in [0.05, 0.1) is 25.1 Å². The third-order valence-electron chi connectivity index (χ3n) is 3.59. The largest absolute Gasteiger partial charge is 0.497 e. The number of methoxy groups -OCH3 is 1. The Hall–Kier alpha value is -2.08. The van der Waals surface area contributed by atoms with E-state index in [1.165, 1.54) is 11.3 Å². The number of ether oxygens (including phenoxy) is 1. The molecule has 0 saturated carbocycles. The Morgan fingerprint density at radius 3 is 3.06 bits per heavy atom. The number of pyridine rings is 1. The Balaban J connectivity index is 2.32. The van der Waals surface area contributed by atoms with Crippen LogP contribution in [0.3, 0.4) is 0 Å². The van der Waals surface area contributed by atoms with E-state index in [0.717, 1.165) is 41.5 Å². The Kier molecular flexibility index (Phi) is 2.64. The van der Waals surface area contributed by atoms with Gasteiger partial charge in [-0.15, -0.1) is 0 Å². The van der Waals surface area contributed by atoms with Crippen LogP contribution < -0.4 is 4.74 Å². The highest BCUT2D eigenvalue weighted by molar-refractivity contribution is 5.85. The van der Waals surface area contributed by atoms with E-state index >= 15 is 0 Å². The lowest BCUT2D eigenvalue weighted by Gasteiger charge is -2.11. The van der Waals surface area contributed by atoms with Crippen molar-refractivity contribution in [3.63, 3.8) is 0 Å². The van der Waals surface area contributed by atoms with Crippen molar-refractivity contribution in [3.8, 4) is 11.8 Å². The lowest BCUT2D eigenvalue weighted by molar-refractivity contribution is 0.415. The van der Waals surface area contributed by atoms with Crippen molar-refractivity contribution in [2.45, 2.75) is 25.7 Å². The topological polar surface area (TPSA) is 45.9 Å². The zero-order valence-corrected chi connectivity index (χ0v) is 10.4. The number of aromatic nitrogens is 1. The fourth-order valence-corrected chi connectivity index (χ4v) is 2.75. The summed E-state index contributed by atoms with van der Waals surface area (Å²) in [4.78, 5) is 4.71. The summed E-state index contributed by atoms with van der Waals surface area (Å²) in [5, 5.41) is 10.1. The maximum Gasteiger partial charge on any atom is 0.119 e. The molecule has 3 heteroatoms. The van der Waals surface area contributed by atoms with Crippen LogP contribution >= 0.6 is 0 Å². The molecule has 0 aliphatic heterocycles. The molecule has 1 aromatic heterocycles. The molecule has 0 N–H and O–H groups in total. The summed E-state index contributed by atoms with van der Waals surface area (Å²) in [5.41, 5.74) is 4.59. The van der Waals surface area contributed by atoms with Gasteiger partial charge < -0.3 is 4.74 Å². The number of aryl methyl sites for hydroxylation is 1. The molecule has 3 rings (SSSR count). The van der Waals surface area contributed by atoms with Gasteiger partial charge in [0.25, 0.3) is 0 Å². The highest BCUT2D eigenvalue weighted by Gasteiger charge is 2.19. The molecule has 0 unspecified atom stereocenters. The van der Waals surface area contributed by atoms with E-state index in [4.69, 9.17) is 15.0 Å².